The smallest absolute Gasteiger partial charge is 0.244 e. The highest BCUT2D eigenvalue weighted by atomic mass is 32.2. The Morgan fingerprint density at radius 2 is 1.91 bits per heavy atom. The van der Waals surface area contributed by atoms with Crippen LogP contribution in [0.1, 0.15) is 29.0 Å². The molecule has 7 nitrogen and oxygen atoms in total. The molecule has 3 aromatic rings. The Bertz CT molecular complexity index is 1150. The lowest BCUT2D eigenvalue weighted by Crippen LogP contribution is -2.44. The van der Waals surface area contributed by atoms with Crippen molar-refractivity contribution in [2.24, 2.45) is 5.92 Å². The first-order valence-electron chi connectivity index (χ1n) is 10.3. The molecular formula is C23H23N3O4S2. The second-order valence-electron chi connectivity index (χ2n) is 7.64. The molecule has 1 aliphatic rings. The molecule has 166 valence electrons. The lowest BCUT2D eigenvalue weighted by Gasteiger charge is -2.33. The molecular weight excluding hydrogens is 446 g/mol. The van der Waals surface area contributed by atoms with Gasteiger partial charge in [-0.25, -0.2) is 8.42 Å². The van der Waals surface area contributed by atoms with E-state index in [1.807, 2.05) is 29.6 Å². The first-order valence-corrected chi connectivity index (χ1v) is 12.6. The number of nitrogens with zero attached hydrogens (tertiary/aromatic N) is 3. The van der Waals surface area contributed by atoms with Crippen molar-refractivity contribution in [2.75, 3.05) is 13.1 Å². The number of hydrogen-bond acceptors (Lipinski definition) is 6. The Balaban J connectivity index is 1.46. The van der Waals surface area contributed by atoms with Gasteiger partial charge in [0.05, 0.1) is 29.8 Å². The number of sulfonamides is 1. The second-order valence-corrected chi connectivity index (χ2v) is 10.6. The Labute approximate surface area is 191 Å². The van der Waals surface area contributed by atoms with Crippen LogP contribution in [0.2, 0.25) is 0 Å². The number of carbonyl (C=O) groups is 1. The molecule has 0 atom stereocenters. The summed E-state index contributed by atoms with van der Waals surface area (Å²) in [6.07, 6.45) is 2.46. The van der Waals surface area contributed by atoms with E-state index >= 15 is 0 Å². The maximum atomic E-state index is 13.4. The Hall–Kier alpha value is -2.93. The average molecular weight is 470 g/mol. The highest BCUT2D eigenvalue weighted by Crippen LogP contribution is 2.28. The summed E-state index contributed by atoms with van der Waals surface area (Å²) in [6.45, 7) is 1.35. The van der Waals surface area contributed by atoms with Crippen molar-refractivity contribution in [3.8, 4) is 6.07 Å². The number of furan rings is 1. The molecule has 1 aromatic carbocycles. The molecule has 2 aromatic heterocycles. The third-order valence-corrected chi connectivity index (χ3v) is 8.41. The highest BCUT2D eigenvalue weighted by Gasteiger charge is 2.35. The Morgan fingerprint density at radius 1 is 1.12 bits per heavy atom. The van der Waals surface area contributed by atoms with Gasteiger partial charge < -0.3 is 9.32 Å². The van der Waals surface area contributed by atoms with E-state index in [0.717, 1.165) is 4.88 Å². The van der Waals surface area contributed by atoms with E-state index in [2.05, 4.69) is 0 Å². The maximum Gasteiger partial charge on any atom is 0.244 e. The summed E-state index contributed by atoms with van der Waals surface area (Å²) in [5.74, 6) is 0.454. The van der Waals surface area contributed by atoms with E-state index in [0.29, 0.717) is 31.7 Å². The molecule has 1 aliphatic heterocycles. The number of benzene rings is 1. The van der Waals surface area contributed by atoms with Crippen molar-refractivity contribution in [1.82, 2.24) is 9.21 Å². The van der Waals surface area contributed by atoms with Gasteiger partial charge in [0, 0.05) is 23.9 Å². The van der Waals surface area contributed by atoms with Crippen LogP contribution in [0.3, 0.4) is 0 Å². The number of carbonyl (C=O) groups excluding carboxylic acids is 1. The summed E-state index contributed by atoms with van der Waals surface area (Å²) >= 11 is 1.59. The minimum absolute atomic E-state index is 0.00396. The van der Waals surface area contributed by atoms with E-state index in [1.165, 1.54) is 16.4 Å². The van der Waals surface area contributed by atoms with Crippen molar-refractivity contribution < 1.29 is 17.6 Å². The molecule has 0 unspecified atom stereocenters. The van der Waals surface area contributed by atoms with Crippen molar-refractivity contribution >= 4 is 27.3 Å². The van der Waals surface area contributed by atoms with Gasteiger partial charge in [-0.15, -0.1) is 11.3 Å². The quantitative estimate of drug-likeness (QED) is 0.524. The van der Waals surface area contributed by atoms with Crippen LogP contribution in [0, 0.1) is 17.2 Å². The molecule has 0 N–H and O–H groups in total. The van der Waals surface area contributed by atoms with Crippen molar-refractivity contribution in [3.05, 3.63) is 76.4 Å². The molecule has 1 amide bonds. The maximum absolute atomic E-state index is 13.4. The highest BCUT2D eigenvalue weighted by molar-refractivity contribution is 7.89. The van der Waals surface area contributed by atoms with Crippen LogP contribution in [0.25, 0.3) is 0 Å². The molecule has 9 heteroatoms. The van der Waals surface area contributed by atoms with Gasteiger partial charge in [-0.1, -0.05) is 18.2 Å². The molecule has 0 radical (unpaired) electrons. The zero-order valence-corrected chi connectivity index (χ0v) is 19.0. The standard InChI is InChI=1S/C23H23N3O4S2/c24-15-19-5-1-2-8-22(19)32(28,29)26-11-9-18(10-12-26)23(27)25(16-20-6-3-13-30-20)17-21-7-4-14-31-21/h1-8,13-14,18H,9-12,16-17H2. The van der Waals surface area contributed by atoms with Crippen LogP contribution in [0.5, 0.6) is 0 Å². The fourth-order valence-corrected chi connectivity index (χ4v) is 6.25. The van der Waals surface area contributed by atoms with Crippen LogP contribution < -0.4 is 0 Å². The van der Waals surface area contributed by atoms with Crippen molar-refractivity contribution in [2.45, 2.75) is 30.8 Å². The Kier molecular flexibility index (Phi) is 6.74. The van der Waals surface area contributed by atoms with Gasteiger partial charge >= 0.3 is 0 Å². The number of nitriles is 1. The normalized spacial score (nSPS) is 15.3. The van der Waals surface area contributed by atoms with Crippen molar-refractivity contribution in [3.63, 3.8) is 0 Å². The summed E-state index contributed by atoms with van der Waals surface area (Å²) in [6, 6.07) is 15.8. The molecule has 1 fully saturated rings. The molecule has 1 saturated heterocycles. The van der Waals surface area contributed by atoms with Crippen LogP contribution in [-0.2, 0) is 27.9 Å². The van der Waals surface area contributed by atoms with E-state index in [1.54, 1.807) is 40.7 Å². The van der Waals surface area contributed by atoms with Gasteiger partial charge in [0.2, 0.25) is 15.9 Å². The number of hydrogen-bond donors (Lipinski definition) is 0. The summed E-state index contributed by atoms with van der Waals surface area (Å²) in [4.78, 5) is 16.2. The first-order chi connectivity index (χ1) is 15.5. The summed E-state index contributed by atoms with van der Waals surface area (Å²) in [5, 5.41) is 11.3. The van der Waals surface area contributed by atoms with E-state index in [9.17, 15) is 18.5 Å². The van der Waals surface area contributed by atoms with Gasteiger partial charge in [-0.3, -0.25) is 4.79 Å². The first kappa shape index (κ1) is 22.3. The van der Waals surface area contributed by atoms with E-state index in [4.69, 9.17) is 4.42 Å². The molecule has 0 saturated carbocycles. The van der Waals surface area contributed by atoms with Crippen LogP contribution in [-0.4, -0.2) is 36.6 Å². The molecule has 4 rings (SSSR count). The van der Waals surface area contributed by atoms with Gasteiger partial charge in [-0.05, 0) is 48.6 Å². The summed E-state index contributed by atoms with van der Waals surface area (Å²) in [5.41, 5.74) is 0.131. The third-order valence-electron chi connectivity index (χ3n) is 5.59. The van der Waals surface area contributed by atoms with Gasteiger partial charge in [0.1, 0.15) is 11.8 Å². The predicted octanol–water partition coefficient (Wildman–Crippen LogP) is 3.84. The van der Waals surface area contributed by atoms with Crippen molar-refractivity contribution in [1.29, 1.82) is 5.26 Å². The van der Waals surface area contributed by atoms with E-state index < -0.39 is 10.0 Å². The monoisotopic (exact) mass is 469 g/mol. The number of thiophene rings is 1. The van der Waals surface area contributed by atoms with E-state index in [-0.39, 0.29) is 35.4 Å². The predicted molar refractivity (Wildman–Crippen MR) is 120 cm³/mol. The Morgan fingerprint density at radius 3 is 2.56 bits per heavy atom. The van der Waals surface area contributed by atoms with Crippen LogP contribution >= 0.6 is 11.3 Å². The molecule has 0 bridgehead atoms. The number of amides is 1. The fourth-order valence-electron chi connectivity index (χ4n) is 3.92. The lowest BCUT2D eigenvalue weighted by molar-refractivity contribution is -0.138. The molecule has 3 heterocycles. The molecule has 0 spiro atoms. The summed E-state index contributed by atoms with van der Waals surface area (Å²) in [7, 11) is -3.78. The largest absolute Gasteiger partial charge is 0.467 e. The number of piperidine rings is 1. The fraction of sp³-hybridized carbons (Fsp3) is 0.304. The average Bonchev–Trinajstić information content (AvgIpc) is 3.53. The van der Waals surface area contributed by atoms with Crippen LogP contribution in [0.15, 0.2) is 69.5 Å². The van der Waals surface area contributed by atoms with Gasteiger partial charge in [-0.2, -0.15) is 9.57 Å². The lowest BCUT2D eigenvalue weighted by atomic mass is 9.96. The summed E-state index contributed by atoms with van der Waals surface area (Å²) < 4.78 is 33.0. The SMILES string of the molecule is N#Cc1ccccc1S(=O)(=O)N1CCC(C(=O)N(Cc2ccco2)Cc2cccs2)CC1. The minimum Gasteiger partial charge on any atom is -0.467 e. The van der Waals surface area contributed by atoms with Gasteiger partial charge in [0.25, 0.3) is 0 Å². The molecule has 32 heavy (non-hydrogen) atoms. The number of rotatable bonds is 7. The zero-order valence-electron chi connectivity index (χ0n) is 17.4. The molecule has 0 aliphatic carbocycles. The zero-order chi connectivity index (χ0) is 22.6. The van der Waals surface area contributed by atoms with Gasteiger partial charge in [0.15, 0.2) is 0 Å². The van der Waals surface area contributed by atoms with Crippen LogP contribution in [0.4, 0.5) is 0 Å². The second kappa shape index (κ2) is 9.69. The minimum atomic E-state index is -3.78. The third kappa shape index (κ3) is 4.78. The topological polar surface area (TPSA) is 94.6 Å².